The minimum Gasteiger partial charge on any atom is -0.508 e. The van der Waals surface area contributed by atoms with Crippen molar-refractivity contribution in [3.8, 4) is 22.6 Å². The van der Waals surface area contributed by atoms with Crippen LogP contribution in [0.1, 0.15) is 61.3 Å². The zero-order valence-electron chi connectivity index (χ0n) is 22.5. The number of phenolic OH excluding ortho intramolecular Hbond substituents is 1. The Morgan fingerprint density at radius 1 is 1.05 bits per heavy atom. The summed E-state index contributed by atoms with van der Waals surface area (Å²) >= 11 is 0. The van der Waals surface area contributed by atoms with Gasteiger partial charge in [-0.25, -0.2) is 9.59 Å². The Labute approximate surface area is 232 Å². The summed E-state index contributed by atoms with van der Waals surface area (Å²) < 4.78 is 6.27. The number of likely N-dealkylation sites (N-methyl/N-ethyl adjacent to an activating group) is 1. The lowest BCUT2D eigenvalue weighted by Crippen LogP contribution is -2.59. The Bertz CT molecular complexity index is 1340. The minimum absolute atomic E-state index is 0.246. The molecule has 2 aliphatic carbocycles. The molecule has 10 nitrogen and oxygen atoms in total. The number of aromatic hydroxyl groups is 1. The molecule has 2 aromatic rings. The fourth-order valence-electron chi connectivity index (χ4n) is 7.89. The second kappa shape index (κ2) is 9.94. The van der Waals surface area contributed by atoms with E-state index in [1.54, 1.807) is 0 Å². The third-order valence-corrected chi connectivity index (χ3v) is 9.82. The number of benzene rings is 2. The molecule has 6 N–H and O–H groups in total. The van der Waals surface area contributed by atoms with Crippen LogP contribution in [0.2, 0.25) is 0 Å². The molecule has 0 spiro atoms. The van der Waals surface area contributed by atoms with E-state index in [0.29, 0.717) is 11.8 Å². The number of rotatable bonds is 4. The fraction of sp³-hybridized carbons (Fsp3) is 0.533. The number of hydrogen-bond donors (Lipinski definition) is 6. The highest BCUT2D eigenvalue weighted by molar-refractivity contribution is 5.84. The predicted molar refractivity (Wildman–Crippen MR) is 146 cm³/mol. The van der Waals surface area contributed by atoms with Crippen molar-refractivity contribution in [2.45, 2.75) is 74.7 Å². The lowest BCUT2D eigenvalue weighted by Gasteiger charge is -2.58. The van der Waals surface area contributed by atoms with Crippen LogP contribution in [0.25, 0.3) is 11.1 Å². The fourth-order valence-corrected chi connectivity index (χ4v) is 7.89. The van der Waals surface area contributed by atoms with Crippen molar-refractivity contribution in [1.29, 1.82) is 0 Å². The van der Waals surface area contributed by atoms with Gasteiger partial charge in [0, 0.05) is 35.7 Å². The first-order valence-corrected chi connectivity index (χ1v) is 14.1. The van der Waals surface area contributed by atoms with E-state index in [2.05, 4.69) is 35.5 Å². The van der Waals surface area contributed by atoms with Gasteiger partial charge in [-0.3, -0.25) is 0 Å². The molecule has 2 aromatic carbocycles. The predicted octanol–water partition coefficient (Wildman–Crippen LogP) is 2.87. The summed E-state index contributed by atoms with van der Waals surface area (Å²) in [6.07, 6.45) is 4.35. The van der Waals surface area contributed by atoms with Crippen molar-refractivity contribution in [2.24, 2.45) is 5.92 Å². The van der Waals surface area contributed by atoms with Crippen LogP contribution >= 0.6 is 0 Å². The van der Waals surface area contributed by atoms with E-state index in [-0.39, 0.29) is 11.5 Å². The average molecular weight is 553 g/mol. The lowest BCUT2D eigenvalue weighted by molar-refractivity contribution is -0.165. The van der Waals surface area contributed by atoms with E-state index in [1.165, 1.54) is 72.2 Å². The third-order valence-electron chi connectivity index (χ3n) is 9.82. The highest BCUT2D eigenvalue weighted by Gasteiger charge is 2.54. The van der Waals surface area contributed by atoms with Gasteiger partial charge in [0.25, 0.3) is 0 Å². The van der Waals surface area contributed by atoms with E-state index in [9.17, 15) is 14.7 Å². The average Bonchev–Trinajstić information content (AvgIpc) is 2.93. The van der Waals surface area contributed by atoms with E-state index in [4.69, 9.17) is 25.2 Å². The van der Waals surface area contributed by atoms with Gasteiger partial charge in [0.1, 0.15) is 17.6 Å². The van der Waals surface area contributed by atoms with Gasteiger partial charge in [0.2, 0.25) is 0 Å². The number of nitrogens with one attached hydrogen (secondary N) is 1. The summed E-state index contributed by atoms with van der Waals surface area (Å²) in [5.74, 6) is -1.35. The van der Waals surface area contributed by atoms with Crippen molar-refractivity contribution >= 4 is 17.6 Å². The summed E-state index contributed by atoms with van der Waals surface area (Å²) in [5, 5.41) is 46.9. The Hall–Kier alpha value is -3.34. The molecule has 0 radical (unpaired) electrons. The van der Waals surface area contributed by atoms with Crippen molar-refractivity contribution in [1.82, 2.24) is 4.90 Å². The Morgan fingerprint density at radius 2 is 1.80 bits per heavy atom. The minimum atomic E-state index is -2.27. The highest BCUT2D eigenvalue weighted by atomic mass is 16.5. The molecule has 7 rings (SSSR count). The van der Waals surface area contributed by atoms with Gasteiger partial charge >= 0.3 is 11.9 Å². The molecular weight excluding hydrogens is 516 g/mol. The van der Waals surface area contributed by atoms with Gasteiger partial charge in [-0.05, 0) is 86.1 Å². The van der Waals surface area contributed by atoms with Gasteiger partial charge < -0.3 is 40.5 Å². The summed E-state index contributed by atoms with van der Waals surface area (Å²) in [7, 11) is 2.32. The number of likely N-dealkylation sites (tertiary alicyclic amines) is 1. The highest BCUT2D eigenvalue weighted by Crippen LogP contribution is 2.59. The Kier molecular flexibility index (Phi) is 6.67. The quantitative estimate of drug-likeness (QED) is 0.333. The summed E-state index contributed by atoms with van der Waals surface area (Å²) in [5.41, 5.74) is 8.12. The molecule has 0 aromatic heterocycles. The van der Waals surface area contributed by atoms with Gasteiger partial charge in [-0.1, -0.05) is 12.8 Å². The van der Waals surface area contributed by atoms with Gasteiger partial charge in [-0.2, -0.15) is 0 Å². The van der Waals surface area contributed by atoms with E-state index in [0.717, 1.165) is 31.1 Å². The molecule has 1 saturated carbocycles. The molecule has 214 valence electrons. The number of aliphatic hydroxyl groups is 2. The van der Waals surface area contributed by atoms with Gasteiger partial charge in [0.15, 0.2) is 12.2 Å². The summed E-state index contributed by atoms with van der Waals surface area (Å²) in [6, 6.07) is 9.17. The van der Waals surface area contributed by atoms with Crippen molar-refractivity contribution in [3.05, 3.63) is 41.0 Å². The number of nitrogens with zero attached hydrogens (tertiary/aromatic N) is 1. The Morgan fingerprint density at radius 3 is 2.52 bits per heavy atom. The van der Waals surface area contributed by atoms with E-state index >= 15 is 0 Å². The van der Waals surface area contributed by atoms with Gasteiger partial charge in [-0.15, -0.1) is 0 Å². The summed E-state index contributed by atoms with van der Waals surface area (Å²) in [6.45, 7) is 2.15. The number of phenols is 1. The van der Waals surface area contributed by atoms with Crippen LogP contribution in [0.15, 0.2) is 24.3 Å². The normalized spacial score (nSPS) is 28.9. The number of piperidine rings is 1. The molecule has 2 bridgehead atoms. The topological polar surface area (TPSA) is 160 Å². The molecule has 40 heavy (non-hydrogen) atoms. The molecule has 3 unspecified atom stereocenters. The number of fused-ring (bicyclic) bond motifs is 1. The molecule has 6 atom stereocenters. The number of anilines is 1. The first-order chi connectivity index (χ1) is 19.1. The summed E-state index contributed by atoms with van der Waals surface area (Å²) in [4.78, 5) is 22.2. The van der Waals surface area contributed by atoms with Crippen molar-refractivity contribution in [3.63, 3.8) is 0 Å². The van der Waals surface area contributed by atoms with Crippen LogP contribution in [0.5, 0.6) is 11.5 Å². The smallest absolute Gasteiger partial charge is 0.335 e. The number of aliphatic hydroxyl groups excluding tert-OH is 2. The zero-order valence-corrected chi connectivity index (χ0v) is 22.5. The number of aliphatic carboxylic acids is 2. The molecular formula is C30H36N2O8. The van der Waals surface area contributed by atoms with Crippen LogP contribution in [-0.2, 0) is 21.4 Å². The number of carboxylic acid groups (broad SMARTS) is 2. The number of carboxylic acids is 2. The van der Waals surface area contributed by atoms with E-state index < -0.39 is 24.1 Å². The molecule has 1 saturated heterocycles. The molecule has 0 amide bonds. The molecule has 2 fully saturated rings. The molecule has 10 heteroatoms. The molecule has 5 aliphatic rings. The maximum absolute atomic E-state index is 10.8. The maximum Gasteiger partial charge on any atom is 0.335 e. The second-order valence-electron chi connectivity index (χ2n) is 11.8. The van der Waals surface area contributed by atoms with Crippen molar-refractivity contribution < 1.29 is 39.9 Å². The lowest BCUT2D eigenvalue weighted by atomic mass is 9.52. The van der Waals surface area contributed by atoms with E-state index in [1.807, 2.05) is 6.07 Å². The van der Waals surface area contributed by atoms with Crippen molar-refractivity contribution in [2.75, 3.05) is 25.5 Å². The van der Waals surface area contributed by atoms with Gasteiger partial charge in [0.05, 0.1) is 5.56 Å². The number of ether oxygens (including phenoxy) is 1. The monoisotopic (exact) mass is 552 g/mol. The largest absolute Gasteiger partial charge is 0.508 e. The van der Waals surface area contributed by atoms with Crippen LogP contribution < -0.4 is 10.1 Å². The Balaban J connectivity index is 0.000000251. The maximum atomic E-state index is 10.8. The second-order valence-corrected chi connectivity index (χ2v) is 11.8. The number of hydrogen-bond acceptors (Lipinski definition) is 8. The first kappa shape index (κ1) is 26.9. The van der Waals surface area contributed by atoms with Crippen LogP contribution in [0.4, 0.5) is 5.69 Å². The third kappa shape index (κ3) is 4.12. The number of carbonyl (C=O) groups is 2. The molecule has 3 aliphatic heterocycles. The standard InChI is InChI=1S/C26H30N2O2.C4H6O6/c1-28-11-9-26-8-3-2-4-19(26)22(28)14-18-17(12-15(29)13-20(18)26)16-5-6-21-24-23(7-10-27-21)30-25(16)24;5-1(3(7)8)2(6)4(9)10/h5-6,12-13,19,22-23,27,29H,2-4,7-11,14H2,1H3;1-2,5-6H,(H,7,8)(H,9,10)/t19-,22+,23?,26+;/m0./s1. The zero-order chi connectivity index (χ0) is 28.3. The van der Waals surface area contributed by atoms with Crippen LogP contribution in [-0.4, -0.2) is 80.8 Å². The molecule has 3 heterocycles. The van der Waals surface area contributed by atoms with Crippen LogP contribution in [0, 0.1) is 5.92 Å². The van der Waals surface area contributed by atoms with Crippen LogP contribution in [0.3, 0.4) is 0 Å². The SMILES string of the molecule is CN1CC[C@]23CCCC[C@H]2[C@H]1Cc1c(-c2ccc4c5c2OC5CCN4)cc(O)cc13.O=C(O)C(O)C(O)C(=O)O. The first-order valence-electron chi connectivity index (χ1n) is 14.1.